The van der Waals surface area contributed by atoms with Gasteiger partial charge >= 0.3 is 5.97 Å². The van der Waals surface area contributed by atoms with Crippen LogP contribution < -0.4 is 9.47 Å². The molecule has 2 aromatic rings. The second-order valence-electron chi connectivity index (χ2n) is 4.84. The first kappa shape index (κ1) is 15.6. The van der Waals surface area contributed by atoms with Crippen molar-refractivity contribution in [1.29, 1.82) is 0 Å². The van der Waals surface area contributed by atoms with E-state index < -0.39 is 5.97 Å². The predicted octanol–water partition coefficient (Wildman–Crippen LogP) is 3.53. The zero-order valence-electron chi connectivity index (χ0n) is 12.8. The second-order valence-corrected chi connectivity index (χ2v) is 4.84. The van der Waals surface area contributed by atoms with Crippen molar-refractivity contribution in [3.05, 3.63) is 65.2 Å². The summed E-state index contributed by atoms with van der Waals surface area (Å²) in [6.45, 7) is 1.97. The van der Waals surface area contributed by atoms with Crippen molar-refractivity contribution in [1.82, 2.24) is 0 Å². The molecule has 0 heterocycles. The van der Waals surface area contributed by atoms with Gasteiger partial charge in [-0.25, -0.2) is 4.79 Å². The second kappa shape index (κ2) is 6.80. The third kappa shape index (κ3) is 3.47. The number of aliphatic carboxylic acids is 1. The maximum absolute atomic E-state index is 11.2. The van der Waals surface area contributed by atoms with Gasteiger partial charge in [-0.15, -0.1) is 0 Å². The number of hydrogen-bond donors (Lipinski definition) is 1. The molecule has 114 valence electrons. The molecule has 0 saturated carbocycles. The highest BCUT2D eigenvalue weighted by molar-refractivity contribution is 5.95. The first-order valence-electron chi connectivity index (χ1n) is 6.79. The third-order valence-corrected chi connectivity index (χ3v) is 3.29. The zero-order valence-corrected chi connectivity index (χ0v) is 12.8. The van der Waals surface area contributed by atoms with Gasteiger partial charge in [0.05, 0.1) is 14.2 Å². The van der Waals surface area contributed by atoms with E-state index in [9.17, 15) is 9.90 Å². The minimum absolute atomic E-state index is 0.559. The van der Waals surface area contributed by atoms with Crippen LogP contribution in [0.5, 0.6) is 11.5 Å². The Labute approximate surface area is 129 Å². The van der Waals surface area contributed by atoms with Crippen molar-refractivity contribution in [2.45, 2.75) is 6.92 Å². The summed E-state index contributed by atoms with van der Waals surface area (Å²) in [7, 11) is 3.11. The molecule has 22 heavy (non-hydrogen) atoms. The average Bonchev–Trinajstić information content (AvgIpc) is 2.51. The van der Waals surface area contributed by atoms with Crippen LogP contribution in [0.1, 0.15) is 16.7 Å². The van der Waals surface area contributed by atoms with Gasteiger partial charge in [0.1, 0.15) is 0 Å². The lowest BCUT2D eigenvalue weighted by Gasteiger charge is -2.12. The Balaban J connectivity index is 2.58. The number of hydrogen-bond acceptors (Lipinski definition) is 3. The quantitative estimate of drug-likeness (QED) is 0.858. The molecule has 4 nitrogen and oxygen atoms in total. The summed E-state index contributed by atoms with van der Waals surface area (Å²) >= 11 is 0. The molecular weight excluding hydrogens is 280 g/mol. The zero-order chi connectivity index (χ0) is 16.1. The minimum Gasteiger partial charge on any atom is -0.493 e. The van der Waals surface area contributed by atoms with E-state index in [1.807, 2.05) is 37.3 Å². The Kier molecular flexibility index (Phi) is 4.84. The normalized spacial score (nSPS) is 11.1. The number of benzene rings is 2. The molecule has 0 radical (unpaired) electrons. The van der Waals surface area contributed by atoms with E-state index >= 15 is 0 Å². The standard InChI is InChI=1S/C18H18O4/c1-12-5-4-6-13(9-12)15(11-18(19)20)14-7-8-16(21-2)17(10-14)22-3/h4-11H,1-3H3,(H,19,20)/b15-11+. The van der Waals surface area contributed by atoms with Crippen LogP contribution in [0.25, 0.3) is 5.57 Å². The Morgan fingerprint density at radius 2 is 1.68 bits per heavy atom. The number of carbonyl (C=O) groups is 1. The number of aryl methyl sites for hydroxylation is 1. The van der Waals surface area contributed by atoms with E-state index in [-0.39, 0.29) is 0 Å². The number of carboxylic acid groups (broad SMARTS) is 1. The molecule has 2 rings (SSSR count). The molecule has 0 aliphatic rings. The monoisotopic (exact) mass is 298 g/mol. The van der Waals surface area contributed by atoms with Gasteiger partial charge in [0, 0.05) is 6.08 Å². The number of carboxylic acids is 1. The van der Waals surface area contributed by atoms with Crippen LogP contribution in [0.15, 0.2) is 48.5 Å². The molecule has 2 aromatic carbocycles. The largest absolute Gasteiger partial charge is 0.493 e. The molecule has 0 amide bonds. The number of methoxy groups -OCH3 is 2. The molecule has 1 N–H and O–H groups in total. The molecule has 0 aromatic heterocycles. The van der Waals surface area contributed by atoms with Crippen LogP contribution in [0.2, 0.25) is 0 Å². The Bertz CT molecular complexity index is 717. The third-order valence-electron chi connectivity index (χ3n) is 3.29. The fourth-order valence-electron chi connectivity index (χ4n) is 2.27. The van der Waals surface area contributed by atoms with Crippen molar-refractivity contribution in [3.63, 3.8) is 0 Å². The summed E-state index contributed by atoms with van der Waals surface area (Å²) in [5.74, 6) is 0.167. The molecule has 0 unspecified atom stereocenters. The highest BCUT2D eigenvalue weighted by Crippen LogP contribution is 2.33. The Morgan fingerprint density at radius 3 is 2.27 bits per heavy atom. The summed E-state index contributed by atoms with van der Waals surface area (Å²) in [5.41, 5.74) is 3.28. The maximum Gasteiger partial charge on any atom is 0.328 e. The number of rotatable bonds is 5. The van der Waals surface area contributed by atoms with Crippen LogP contribution >= 0.6 is 0 Å². The lowest BCUT2D eigenvalue weighted by Crippen LogP contribution is -1.97. The van der Waals surface area contributed by atoms with Crippen LogP contribution in [0.3, 0.4) is 0 Å². The number of ether oxygens (including phenoxy) is 2. The van der Waals surface area contributed by atoms with Gasteiger partial charge in [-0.2, -0.15) is 0 Å². The van der Waals surface area contributed by atoms with Crippen molar-refractivity contribution in [3.8, 4) is 11.5 Å². The predicted molar refractivity (Wildman–Crippen MR) is 85.4 cm³/mol. The summed E-state index contributed by atoms with van der Waals surface area (Å²) in [4.78, 5) is 11.2. The van der Waals surface area contributed by atoms with Gasteiger partial charge in [-0.3, -0.25) is 0 Å². The van der Waals surface area contributed by atoms with Crippen LogP contribution in [0.4, 0.5) is 0 Å². The van der Waals surface area contributed by atoms with Crippen molar-refractivity contribution < 1.29 is 19.4 Å². The summed E-state index contributed by atoms with van der Waals surface area (Å²) in [6.07, 6.45) is 1.20. The SMILES string of the molecule is COc1ccc(/C(=C/C(=O)O)c2cccc(C)c2)cc1OC. The highest BCUT2D eigenvalue weighted by atomic mass is 16.5. The Morgan fingerprint density at radius 1 is 1.00 bits per heavy atom. The minimum atomic E-state index is -0.994. The van der Waals surface area contributed by atoms with Gasteiger partial charge < -0.3 is 14.6 Å². The van der Waals surface area contributed by atoms with Gasteiger partial charge in [0.15, 0.2) is 11.5 Å². The van der Waals surface area contributed by atoms with Crippen LogP contribution in [0, 0.1) is 6.92 Å². The van der Waals surface area contributed by atoms with Crippen molar-refractivity contribution in [2.75, 3.05) is 14.2 Å². The smallest absolute Gasteiger partial charge is 0.328 e. The molecule has 4 heteroatoms. The molecule has 0 spiro atoms. The lowest BCUT2D eigenvalue weighted by molar-refractivity contribution is -0.131. The van der Waals surface area contributed by atoms with E-state index in [0.717, 1.165) is 16.7 Å². The van der Waals surface area contributed by atoms with Gasteiger partial charge in [0.2, 0.25) is 0 Å². The summed E-state index contributed by atoms with van der Waals surface area (Å²) < 4.78 is 10.5. The van der Waals surface area contributed by atoms with Crippen LogP contribution in [-0.4, -0.2) is 25.3 Å². The molecule has 0 fully saturated rings. The molecular formula is C18H18O4. The average molecular weight is 298 g/mol. The maximum atomic E-state index is 11.2. The summed E-state index contributed by atoms with van der Waals surface area (Å²) in [6, 6.07) is 13.1. The molecule has 0 aliphatic carbocycles. The highest BCUT2D eigenvalue weighted by Gasteiger charge is 2.11. The van der Waals surface area contributed by atoms with Crippen molar-refractivity contribution >= 4 is 11.5 Å². The molecule has 0 atom stereocenters. The fourth-order valence-corrected chi connectivity index (χ4v) is 2.27. The van der Waals surface area contributed by atoms with E-state index in [1.165, 1.54) is 6.08 Å². The Hall–Kier alpha value is -2.75. The molecule has 0 saturated heterocycles. The van der Waals surface area contributed by atoms with E-state index in [1.54, 1.807) is 26.4 Å². The molecule has 0 bridgehead atoms. The van der Waals surface area contributed by atoms with Gasteiger partial charge in [-0.1, -0.05) is 35.9 Å². The van der Waals surface area contributed by atoms with E-state index in [2.05, 4.69) is 0 Å². The topological polar surface area (TPSA) is 55.8 Å². The first-order chi connectivity index (χ1) is 10.5. The van der Waals surface area contributed by atoms with E-state index in [0.29, 0.717) is 17.1 Å². The summed E-state index contributed by atoms with van der Waals surface area (Å²) in [5, 5.41) is 9.17. The molecule has 0 aliphatic heterocycles. The lowest BCUT2D eigenvalue weighted by atomic mass is 9.96. The fraction of sp³-hybridized carbons (Fsp3) is 0.167. The van der Waals surface area contributed by atoms with Gasteiger partial charge in [0.25, 0.3) is 0 Å². The van der Waals surface area contributed by atoms with Crippen LogP contribution in [-0.2, 0) is 4.79 Å². The first-order valence-corrected chi connectivity index (χ1v) is 6.79. The van der Waals surface area contributed by atoms with Gasteiger partial charge in [-0.05, 0) is 35.8 Å². The van der Waals surface area contributed by atoms with E-state index in [4.69, 9.17) is 9.47 Å². The van der Waals surface area contributed by atoms with Crippen molar-refractivity contribution in [2.24, 2.45) is 0 Å².